The molecule has 1 aliphatic heterocycles. The number of hydrogen-bond acceptors (Lipinski definition) is 5. The molecule has 1 fully saturated rings. The van der Waals surface area contributed by atoms with Gasteiger partial charge in [-0.25, -0.2) is 4.98 Å². The first kappa shape index (κ1) is 12.4. The van der Waals surface area contributed by atoms with Crippen molar-refractivity contribution in [2.45, 2.75) is 31.9 Å². The highest BCUT2D eigenvalue weighted by molar-refractivity contribution is 7.99. The largest absolute Gasteiger partial charge is 0.389 e. The maximum atomic E-state index is 10.3. The molecular weight excluding hydrogens is 240 g/mol. The zero-order chi connectivity index (χ0) is 11.4. The van der Waals surface area contributed by atoms with Crippen LogP contribution in [-0.4, -0.2) is 33.7 Å². The number of nitrogens with zero attached hydrogens (tertiary/aromatic N) is 1. The lowest BCUT2D eigenvalue weighted by atomic mass is 9.97. The number of nitrogens with one attached hydrogen (secondary N) is 1. The van der Waals surface area contributed by atoms with Gasteiger partial charge in [-0.2, -0.15) is 11.8 Å². The predicted molar refractivity (Wildman–Crippen MR) is 70.1 cm³/mol. The molecule has 1 saturated heterocycles. The highest BCUT2D eigenvalue weighted by Crippen LogP contribution is 2.26. The zero-order valence-corrected chi connectivity index (χ0v) is 11.2. The fourth-order valence-electron chi connectivity index (χ4n) is 1.84. The molecule has 0 saturated carbocycles. The Morgan fingerprint density at radius 2 is 2.25 bits per heavy atom. The molecule has 0 aromatic carbocycles. The highest BCUT2D eigenvalue weighted by atomic mass is 32.2. The van der Waals surface area contributed by atoms with Gasteiger partial charge in [0.2, 0.25) is 0 Å². The Morgan fingerprint density at radius 3 is 2.88 bits per heavy atom. The van der Waals surface area contributed by atoms with Crippen molar-refractivity contribution in [2.24, 2.45) is 0 Å². The average Bonchev–Trinajstić information content (AvgIpc) is 2.65. The second-order valence-corrected chi connectivity index (χ2v) is 6.59. The Balaban J connectivity index is 1.74. The van der Waals surface area contributed by atoms with Crippen LogP contribution in [-0.2, 0) is 6.54 Å². The first-order valence-corrected chi connectivity index (χ1v) is 7.63. The van der Waals surface area contributed by atoms with Gasteiger partial charge in [-0.3, -0.25) is 0 Å². The topological polar surface area (TPSA) is 45.2 Å². The van der Waals surface area contributed by atoms with Crippen LogP contribution in [0, 0.1) is 6.92 Å². The Hall–Kier alpha value is -0.100. The van der Waals surface area contributed by atoms with Crippen LogP contribution in [0.2, 0.25) is 0 Å². The molecule has 0 unspecified atom stereocenters. The van der Waals surface area contributed by atoms with Gasteiger partial charge in [0.1, 0.15) is 0 Å². The predicted octanol–water partition coefficient (Wildman–Crippen LogP) is 1.80. The third-order valence-electron chi connectivity index (χ3n) is 2.85. The second-order valence-electron chi connectivity index (χ2n) is 4.30. The van der Waals surface area contributed by atoms with Crippen molar-refractivity contribution >= 4 is 23.1 Å². The molecule has 5 heteroatoms. The quantitative estimate of drug-likeness (QED) is 0.864. The van der Waals surface area contributed by atoms with E-state index in [0.29, 0.717) is 6.54 Å². The van der Waals surface area contributed by atoms with Crippen LogP contribution >= 0.6 is 23.1 Å². The Labute approximate surface area is 105 Å². The van der Waals surface area contributed by atoms with Gasteiger partial charge in [0.15, 0.2) is 0 Å². The summed E-state index contributed by atoms with van der Waals surface area (Å²) in [5.74, 6) is 2.15. The molecule has 2 rings (SSSR count). The van der Waals surface area contributed by atoms with E-state index < -0.39 is 5.60 Å². The van der Waals surface area contributed by atoms with Gasteiger partial charge >= 0.3 is 0 Å². The fourth-order valence-corrected chi connectivity index (χ4v) is 3.71. The van der Waals surface area contributed by atoms with Crippen molar-refractivity contribution in [3.05, 3.63) is 16.1 Å². The number of thioether (sulfide) groups is 1. The lowest BCUT2D eigenvalue weighted by molar-refractivity contribution is 0.0319. The van der Waals surface area contributed by atoms with Crippen LogP contribution in [0.4, 0.5) is 0 Å². The molecule has 0 spiro atoms. The van der Waals surface area contributed by atoms with Gasteiger partial charge in [0, 0.05) is 18.5 Å². The molecule has 0 radical (unpaired) electrons. The Kier molecular flexibility index (Phi) is 4.24. The maximum absolute atomic E-state index is 10.3. The minimum absolute atomic E-state index is 0.490. The molecular formula is C11H18N2OS2. The van der Waals surface area contributed by atoms with Gasteiger partial charge in [0.25, 0.3) is 0 Å². The van der Waals surface area contributed by atoms with E-state index in [9.17, 15) is 5.11 Å². The van der Waals surface area contributed by atoms with Crippen LogP contribution in [0.3, 0.4) is 0 Å². The number of aryl methyl sites for hydroxylation is 1. The number of thiazole rings is 1. The number of aromatic nitrogens is 1. The molecule has 1 aromatic heterocycles. The van der Waals surface area contributed by atoms with Crippen LogP contribution < -0.4 is 5.32 Å². The SMILES string of the molecule is Cc1nc(CNCC2(O)CCSCC2)cs1. The summed E-state index contributed by atoms with van der Waals surface area (Å²) < 4.78 is 0. The summed E-state index contributed by atoms with van der Waals surface area (Å²) >= 11 is 3.60. The van der Waals surface area contributed by atoms with Crippen molar-refractivity contribution in [1.82, 2.24) is 10.3 Å². The van der Waals surface area contributed by atoms with Gasteiger partial charge < -0.3 is 10.4 Å². The van der Waals surface area contributed by atoms with Crippen molar-refractivity contribution in [2.75, 3.05) is 18.1 Å². The molecule has 0 bridgehead atoms. The van der Waals surface area contributed by atoms with Crippen LogP contribution in [0.1, 0.15) is 23.5 Å². The van der Waals surface area contributed by atoms with Gasteiger partial charge in [-0.15, -0.1) is 11.3 Å². The lowest BCUT2D eigenvalue weighted by Gasteiger charge is -2.31. The van der Waals surface area contributed by atoms with Crippen molar-refractivity contribution in [3.63, 3.8) is 0 Å². The summed E-state index contributed by atoms with van der Waals surface area (Å²) in [6.45, 7) is 3.46. The molecule has 2 heterocycles. The first-order valence-electron chi connectivity index (χ1n) is 5.60. The third kappa shape index (κ3) is 3.45. The highest BCUT2D eigenvalue weighted by Gasteiger charge is 2.28. The van der Waals surface area contributed by atoms with Gasteiger partial charge in [-0.1, -0.05) is 0 Å². The molecule has 1 aliphatic rings. The molecule has 16 heavy (non-hydrogen) atoms. The van der Waals surface area contributed by atoms with Crippen LogP contribution in [0.25, 0.3) is 0 Å². The van der Waals surface area contributed by atoms with Crippen LogP contribution in [0.15, 0.2) is 5.38 Å². The van der Waals surface area contributed by atoms with E-state index in [2.05, 4.69) is 15.7 Å². The zero-order valence-electron chi connectivity index (χ0n) is 9.53. The smallest absolute Gasteiger partial charge is 0.0897 e. The minimum Gasteiger partial charge on any atom is -0.389 e. The summed E-state index contributed by atoms with van der Waals surface area (Å²) in [6, 6.07) is 0. The van der Waals surface area contributed by atoms with E-state index in [-0.39, 0.29) is 0 Å². The Morgan fingerprint density at radius 1 is 1.50 bits per heavy atom. The number of aliphatic hydroxyl groups is 1. The first-order chi connectivity index (χ1) is 7.68. The third-order valence-corrected chi connectivity index (χ3v) is 4.66. The molecule has 0 aliphatic carbocycles. The minimum atomic E-state index is -0.490. The summed E-state index contributed by atoms with van der Waals surface area (Å²) in [7, 11) is 0. The molecule has 90 valence electrons. The summed E-state index contributed by atoms with van der Waals surface area (Å²) in [5, 5.41) is 16.7. The average molecular weight is 258 g/mol. The summed E-state index contributed by atoms with van der Waals surface area (Å²) in [4.78, 5) is 4.39. The van der Waals surface area contributed by atoms with E-state index in [1.54, 1.807) is 11.3 Å². The summed E-state index contributed by atoms with van der Waals surface area (Å²) in [6.07, 6.45) is 1.81. The standard InChI is InChI=1S/C11H18N2OS2/c1-9-13-10(7-16-9)6-12-8-11(14)2-4-15-5-3-11/h7,12,14H,2-6,8H2,1H3. The van der Waals surface area contributed by atoms with Crippen molar-refractivity contribution in [1.29, 1.82) is 0 Å². The summed E-state index contributed by atoms with van der Waals surface area (Å²) in [5.41, 5.74) is 0.590. The van der Waals surface area contributed by atoms with Crippen LogP contribution in [0.5, 0.6) is 0 Å². The molecule has 3 nitrogen and oxygen atoms in total. The normalized spacial score (nSPS) is 19.9. The molecule has 0 atom stereocenters. The number of hydrogen-bond donors (Lipinski definition) is 2. The van der Waals surface area contributed by atoms with E-state index in [4.69, 9.17) is 0 Å². The molecule has 2 N–H and O–H groups in total. The van der Waals surface area contributed by atoms with E-state index in [1.165, 1.54) is 0 Å². The monoisotopic (exact) mass is 258 g/mol. The molecule has 1 aromatic rings. The van der Waals surface area contributed by atoms with E-state index >= 15 is 0 Å². The lowest BCUT2D eigenvalue weighted by Crippen LogP contribution is -2.43. The Bertz CT molecular complexity index is 334. The number of rotatable bonds is 4. The van der Waals surface area contributed by atoms with E-state index in [0.717, 1.165) is 41.6 Å². The van der Waals surface area contributed by atoms with Crippen molar-refractivity contribution in [3.8, 4) is 0 Å². The van der Waals surface area contributed by atoms with Crippen molar-refractivity contribution < 1.29 is 5.11 Å². The molecule has 0 amide bonds. The van der Waals surface area contributed by atoms with Gasteiger partial charge in [0.05, 0.1) is 16.3 Å². The fraction of sp³-hybridized carbons (Fsp3) is 0.727. The second kappa shape index (κ2) is 5.49. The maximum Gasteiger partial charge on any atom is 0.0897 e. The van der Waals surface area contributed by atoms with Gasteiger partial charge in [-0.05, 0) is 31.3 Å². The van der Waals surface area contributed by atoms with E-state index in [1.807, 2.05) is 18.7 Å².